The molecule has 0 radical (unpaired) electrons. The van der Waals surface area contributed by atoms with Gasteiger partial charge in [-0.05, 0) is 89.5 Å². The zero-order valence-electron chi connectivity index (χ0n) is 28.6. The number of benzene rings is 2. The number of esters is 1. The summed E-state index contributed by atoms with van der Waals surface area (Å²) in [4.78, 5) is 56.8. The first-order valence-electron chi connectivity index (χ1n) is 16.0. The van der Waals surface area contributed by atoms with Gasteiger partial charge in [-0.25, -0.2) is 9.59 Å². The molecule has 3 rings (SSSR count). The lowest BCUT2D eigenvalue weighted by molar-refractivity contribution is -0.159. The summed E-state index contributed by atoms with van der Waals surface area (Å²) in [6, 6.07) is 11.9. The van der Waals surface area contributed by atoms with Gasteiger partial charge in [0.05, 0.1) is 0 Å². The van der Waals surface area contributed by atoms with Crippen molar-refractivity contribution in [2.75, 3.05) is 0 Å². The number of amides is 3. The Labute approximate surface area is 273 Å². The van der Waals surface area contributed by atoms with Gasteiger partial charge in [0.1, 0.15) is 35.1 Å². The third kappa shape index (κ3) is 11.1. The number of rotatable bonds is 12. The minimum atomic E-state index is -1.22. The van der Waals surface area contributed by atoms with Gasteiger partial charge in [-0.3, -0.25) is 9.59 Å². The van der Waals surface area contributed by atoms with Crippen LogP contribution in [0, 0.1) is 11.8 Å². The first-order valence-corrected chi connectivity index (χ1v) is 16.0. The zero-order valence-corrected chi connectivity index (χ0v) is 28.6. The molecule has 0 bridgehead atoms. The molecule has 2 aromatic rings. The maximum Gasteiger partial charge on any atom is 0.408 e. The summed E-state index contributed by atoms with van der Waals surface area (Å²) in [5.74, 6) is -1.63. The number of carbonyl (C=O) groups is 4. The molecule has 10 nitrogen and oxygen atoms in total. The molecular formula is C36H51N3O7. The smallest absolute Gasteiger partial charge is 0.408 e. The van der Waals surface area contributed by atoms with Crippen LogP contribution in [0.5, 0.6) is 5.75 Å². The zero-order chi connectivity index (χ0) is 34.4. The van der Waals surface area contributed by atoms with Gasteiger partial charge < -0.3 is 30.1 Å². The normalized spacial score (nSPS) is 18.1. The fourth-order valence-corrected chi connectivity index (χ4v) is 5.29. The second kappa shape index (κ2) is 15.0. The van der Waals surface area contributed by atoms with E-state index >= 15 is 0 Å². The Morgan fingerprint density at radius 3 is 2.02 bits per heavy atom. The molecule has 5 atom stereocenters. The second-order valence-corrected chi connectivity index (χ2v) is 14.6. The van der Waals surface area contributed by atoms with Crippen LogP contribution in [0.25, 0.3) is 0 Å². The Morgan fingerprint density at radius 1 is 0.891 bits per heavy atom. The predicted octanol–water partition coefficient (Wildman–Crippen LogP) is 5.68. The van der Waals surface area contributed by atoms with Gasteiger partial charge in [0.2, 0.25) is 11.8 Å². The van der Waals surface area contributed by atoms with Crippen LogP contribution in [-0.2, 0) is 30.3 Å². The van der Waals surface area contributed by atoms with Crippen LogP contribution in [0.2, 0.25) is 0 Å². The monoisotopic (exact) mass is 637 g/mol. The molecule has 1 saturated carbocycles. The Hall–Kier alpha value is -4.08. The fraction of sp³-hybridized carbons (Fsp3) is 0.556. The van der Waals surface area contributed by atoms with Crippen LogP contribution in [-0.4, -0.2) is 63.2 Å². The average molecular weight is 638 g/mol. The van der Waals surface area contributed by atoms with Gasteiger partial charge >= 0.3 is 12.1 Å². The van der Waals surface area contributed by atoms with Crippen LogP contribution in [0.15, 0.2) is 54.6 Å². The highest BCUT2D eigenvalue weighted by Gasteiger charge is 2.49. The molecule has 5 unspecified atom stereocenters. The second-order valence-electron chi connectivity index (χ2n) is 14.6. The lowest BCUT2D eigenvalue weighted by atomic mass is 9.98. The summed E-state index contributed by atoms with van der Waals surface area (Å²) in [5, 5.41) is 16.1. The van der Waals surface area contributed by atoms with Gasteiger partial charge in [-0.1, -0.05) is 63.2 Å². The molecule has 1 aliphatic carbocycles. The number of aromatic hydroxyl groups is 1. The fourth-order valence-electron chi connectivity index (χ4n) is 5.29. The van der Waals surface area contributed by atoms with E-state index in [1.807, 2.05) is 51.1 Å². The van der Waals surface area contributed by atoms with Crippen LogP contribution >= 0.6 is 0 Å². The van der Waals surface area contributed by atoms with E-state index in [9.17, 15) is 24.3 Å². The third-order valence-corrected chi connectivity index (χ3v) is 7.38. The number of nitrogens with zero attached hydrogens (tertiary/aromatic N) is 1. The Bertz CT molecular complexity index is 1360. The molecule has 2 aromatic carbocycles. The number of nitrogens with one attached hydrogen (secondary N) is 2. The molecule has 0 aliphatic heterocycles. The van der Waals surface area contributed by atoms with Gasteiger partial charge in [0.25, 0.3) is 0 Å². The van der Waals surface area contributed by atoms with Crippen molar-refractivity contribution >= 4 is 23.9 Å². The SMILES string of the molecule is CC(C)CC(NC(=O)OC(C)(C)C)C(=O)N(C(C(=O)NC(Cc1ccccc1)C(=O)OC(C)(C)C)c1cccc(O)c1)C1CC1C. The third-order valence-electron chi connectivity index (χ3n) is 7.38. The molecule has 3 N–H and O–H groups in total. The molecule has 0 spiro atoms. The van der Waals surface area contributed by atoms with Crippen molar-refractivity contribution in [3.8, 4) is 5.75 Å². The summed E-state index contributed by atoms with van der Waals surface area (Å²) in [6.45, 7) is 16.3. The quantitative estimate of drug-likeness (QED) is 0.255. The number of ether oxygens (including phenoxy) is 2. The number of alkyl carbamates (subject to hydrolysis) is 1. The van der Waals surface area contributed by atoms with Crippen molar-refractivity contribution in [3.05, 3.63) is 65.7 Å². The van der Waals surface area contributed by atoms with Gasteiger partial charge in [0, 0.05) is 12.5 Å². The number of phenolic OH excluding ortho intramolecular Hbond substituents is 1. The molecule has 0 heterocycles. The molecule has 46 heavy (non-hydrogen) atoms. The minimum Gasteiger partial charge on any atom is -0.508 e. The standard InChI is InChI=1S/C36H51N3O7/c1-22(2)18-27(38-34(44)46-36(7,8)9)32(42)39(29-19-23(29)3)30(25-16-13-17-26(40)21-25)31(41)37-28(33(43)45-35(4,5)6)20-24-14-11-10-12-15-24/h10-17,21-23,27-30,40H,18-20H2,1-9H3,(H,37,41)(H,38,44). The molecule has 1 aliphatic rings. The van der Waals surface area contributed by atoms with E-state index < -0.39 is 53.2 Å². The maximum atomic E-state index is 14.5. The number of hydrogen-bond donors (Lipinski definition) is 3. The molecule has 10 heteroatoms. The van der Waals surface area contributed by atoms with E-state index in [1.54, 1.807) is 53.7 Å². The van der Waals surface area contributed by atoms with Crippen molar-refractivity contribution < 1.29 is 33.8 Å². The van der Waals surface area contributed by atoms with Crippen LogP contribution in [0.4, 0.5) is 4.79 Å². The van der Waals surface area contributed by atoms with Crippen LogP contribution < -0.4 is 10.6 Å². The topological polar surface area (TPSA) is 134 Å². The minimum absolute atomic E-state index is 0.0258. The number of phenols is 1. The molecule has 1 fully saturated rings. The summed E-state index contributed by atoms with van der Waals surface area (Å²) >= 11 is 0. The van der Waals surface area contributed by atoms with E-state index in [2.05, 4.69) is 10.6 Å². The van der Waals surface area contributed by atoms with E-state index in [-0.39, 0.29) is 30.0 Å². The van der Waals surface area contributed by atoms with Crippen molar-refractivity contribution in [2.24, 2.45) is 11.8 Å². The summed E-state index contributed by atoms with van der Waals surface area (Å²) in [6.07, 6.45) is 0.382. The predicted molar refractivity (Wildman–Crippen MR) is 176 cm³/mol. The van der Waals surface area contributed by atoms with E-state index in [0.717, 1.165) is 5.56 Å². The van der Waals surface area contributed by atoms with Gasteiger partial charge in [-0.15, -0.1) is 0 Å². The lowest BCUT2D eigenvalue weighted by Crippen LogP contribution is -2.56. The van der Waals surface area contributed by atoms with Gasteiger partial charge in [0.15, 0.2) is 0 Å². The van der Waals surface area contributed by atoms with Crippen molar-refractivity contribution in [3.63, 3.8) is 0 Å². The number of carbonyl (C=O) groups excluding carboxylic acids is 4. The van der Waals surface area contributed by atoms with Crippen molar-refractivity contribution in [1.82, 2.24) is 15.5 Å². The molecular weight excluding hydrogens is 586 g/mol. The largest absolute Gasteiger partial charge is 0.508 e. The molecule has 0 aromatic heterocycles. The first kappa shape index (κ1) is 36.4. The summed E-state index contributed by atoms with van der Waals surface area (Å²) < 4.78 is 11.2. The molecule has 252 valence electrons. The molecule has 3 amide bonds. The van der Waals surface area contributed by atoms with E-state index in [0.29, 0.717) is 18.4 Å². The number of hydrogen-bond acceptors (Lipinski definition) is 7. The first-order chi connectivity index (χ1) is 21.3. The Kier molecular flexibility index (Phi) is 11.9. The summed E-state index contributed by atoms with van der Waals surface area (Å²) in [7, 11) is 0. The lowest BCUT2D eigenvalue weighted by Gasteiger charge is -2.36. The summed E-state index contributed by atoms with van der Waals surface area (Å²) in [5.41, 5.74) is -0.396. The van der Waals surface area contributed by atoms with Crippen LogP contribution in [0.3, 0.4) is 0 Å². The Balaban J connectivity index is 2.06. The highest BCUT2D eigenvalue weighted by atomic mass is 16.6. The van der Waals surface area contributed by atoms with E-state index in [1.165, 1.54) is 17.0 Å². The van der Waals surface area contributed by atoms with Crippen LogP contribution in [0.1, 0.15) is 92.3 Å². The maximum absolute atomic E-state index is 14.5. The Morgan fingerprint density at radius 2 is 1.50 bits per heavy atom. The highest BCUT2D eigenvalue weighted by Crippen LogP contribution is 2.41. The van der Waals surface area contributed by atoms with E-state index in [4.69, 9.17) is 9.47 Å². The highest BCUT2D eigenvalue weighted by molar-refractivity contribution is 5.94. The average Bonchev–Trinajstić information content (AvgIpc) is 3.64. The van der Waals surface area contributed by atoms with Gasteiger partial charge in [-0.2, -0.15) is 0 Å². The van der Waals surface area contributed by atoms with Crippen molar-refractivity contribution in [1.29, 1.82) is 0 Å². The molecule has 0 saturated heterocycles. The van der Waals surface area contributed by atoms with Crippen molar-refractivity contribution in [2.45, 2.75) is 117 Å².